The summed E-state index contributed by atoms with van der Waals surface area (Å²) in [5.74, 6) is -6.67. The Hall–Kier alpha value is -4.50. The number of hydrazone groups is 1. The highest BCUT2D eigenvalue weighted by Crippen LogP contribution is 2.18. The molecule has 0 aromatic rings. The number of hydrogen-bond acceptors (Lipinski definition) is 13. The van der Waals surface area contributed by atoms with Crippen LogP contribution in [0.25, 0.3) is 0 Å². The smallest absolute Gasteiger partial charge is 0.328 e. The summed E-state index contributed by atoms with van der Waals surface area (Å²) in [7, 11) is 0. The quantitative estimate of drug-likeness (QED) is 0.0511. The number of aliphatic carboxylic acids is 1. The largest absolute Gasteiger partial charge is 0.480 e. The summed E-state index contributed by atoms with van der Waals surface area (Å²) >= 11 is 0. The van der Waals surface area contributed by atoms with Crippen molar-refractivity contribution < 1.29 is 54.0 Å². The summed E-state index contributed by atoms with van der Waals surface area (Å²) in [5.41, 5.74) is 10.6. The van der Waals surface area contributed by atoms with Crippen LogP contribution >= 0.6 is 0 Å². The molecule has 0 bridgehead atoms. The first-order chi connectivity index (χ1) is 24.8. The molecular weight excluding hydrogens is 698 g/mol. The van der Waals surface area contributed by atoms with E-state index in [0.717, 1.165) is 5.01 Å². The lowest BCUT2D eigenvalue weighted by atomic mass is 9.91. The minimum atomic E-state index is -1.66. The molecule has 6 atom stereocenters. The molecule has 0 saturated carbocycles. The highest BCUT2D eigenvalue weighted by molar-refractivity contribution is 6.02. The molecule has 0 fully saturated rings. The van der Waals surface area contributed by atoms with Crippen molar-refractivity contribution in [3.05, 3.63) is 11.3 Å². The second kappa shape index (κ2) is 21.9. The molecule has 13 N–H and O–H groups in total. The first kappa shape index (κ1) is 46.5. The normalized spacial score (nSPS) is 17.7. The average Bonchev–Trinajstić information content (AvgIpc) is 3.10. The number of nitrogens with one attached hydrogen (secondary N) is 5. The van der Waals surface area contributed by atoms with Gasteiger partial charge in [-0.1, -0.05) is 20.8 Å². The minimum Gasteiger partial charge on any atom is -0.480 e. The number of aliphatic hydroxyl groups excluding tert-OH is 3. The Kier molecular flexibility index (Phi) is 19.2. The third-order valence-electron chi connectivity index (χ3n) is 8.56. The second-order valence-corrected chi connectivity index (χ2v) is 13.5. The first-order valence-corrected chi connectivity index (χ1v) is 17.5. The van der Waals surface area contributed by atoms with Crippen molar-refractivity contribution in [2.45, 2.75) is 122 Å². The van der Waals surface area contributed by atoms with Gasteiger partial charge in [0.05, 0.1) is 12.1 Å². The van der Waals surface area contributed by atoms with Crippen LogP contribution in [0, 0.1) is 5.92 Å². The molecule has 53 heavy (non-hydrogen) atoms. The van der Waals surface area contributed by atoms with E-state index in [9.17, 15) is 54.0 Å². The van der Waals surface area contributed by atoms with Gasteiger partial charge in [-0.2, -0.15) is 5.10 Å². The Morgan fingerprint density at radius 2 is 1.53 bits per heavy atom. The number of carbonyl (C=O) groups excluding carboxylic acids is 6. The van der Waals surface area contributed by atoms with E-state index >= 15 is 0 Å². The lowest BCUT2D eigenvalue weighted by molar-refractivity contribution is -0.145. The van der Waals surface area contributed by atoms with Gasteiger partial charge in [-0.05, 0) is 70.8 Å². The van der Waals surface area contributed by atoms with E-state index in [1.165, 1.54) is 20.1 Å². The molecule has 0 radical (unpaired) electrons. The van der Waals surface area contributed by atoms with Gasteiger partial charge in [-0.3, -0.25) is 28.8 Å². The van der Waals surface area contributed by atoms with E-state index in [0.29, 0.717) is 12.0 Å². The Balaban J connectivity index is 3.26. The van der Waals surface area contributed by atoms with Crippen molar-refractivity contribution in [1.82, 2.24) is 31.6 Å². The summed E-state index contributed by atoms with van der Waals surface area (Å²) < 4.78 is 0. The van der Waals surface area contributed by atoms with E-state index in [1.54, 1.807) is 27.7 Å². The zero-order valence-corrected chi connectivity index (χ0v) is 31.2. The van der Waals surface area contributed by atoms with Crippen molar-refractivity contribution in [3.63, 3.8) is 0 Å². The SMILES string of the molecule is CC/C(C)=C(/NC(=O)[C@H](CC(C)C)NC(=O)[C@H]1CCC=NN1C(=O)[C@H](NC(=O)[C@@H](C)NC(=O)C(N)(CCO)CCO)[C@@H](C)N)C(=O)N[C@H](CO)C(=O)O. The van der Waals surface area contributed by atoms with Crippen molar-refractivity contribution in [2.24, 2.45) is 22.5 Å². The summed E-state index contributed by atoms with van der Waals surface area (Å²) in [5, 5.41) is 54.4. The Bertz CT molecular complexity index is 1380. The Morgan fingerprint density at radius 1 is 0.925 bits per heavy atom. The van der Waals surface area contributed by atoms with Crippen molar-refractivity contribution in [1.29, 1.82) is 0 Å². The number of allylic oxidation sites excluding steroid dienone is 1. The molecule has 0 unspecified atom stereocenters. The molecular formula is C33H57N9O11. The minimum absolute atomic E-state index is 0.0811. The van der Waals surface area contributed by atoms with E-state index in [-0.39, 0.29) is 43.7 Å². The Morgan fingerprint density at radius 3 is 2.02 bits per heavy atom. The average molecular weight is 756 g/mol. The molecule has 0 spiro atoms. The molecule has 0 saturated heterocycles. The maximum Gasteiger partial charge on any atom is 0.328 e. The zero-order chi connectivity index (χ0) is 40.6. The lowest BCUT2D eigenvalue weighted by Crippen LogP contribution is -2.63. The number of aliphatic hydroxyl groups is 3. The highest BCUT2D eigenvalue weighted by atomic mass is 16.4. The number of carbonyl (C=O) groups is 7. The highest BCUT2D eigenvalue weighted by Gasteiger charge is 2.40. The molecule has 0 aliphatic carbocycles. The van der Waals surface area contributed by atoms with Gasteiger partial charge >= 0.3 is 5.97 Å². The van der Waals surface area contributed by atoms with Gasteiger partial charge in [0.1, 0.15) is 29.9 Å². The van der Waals surface area contributed by atoms with Gasteiger partial charge < -0.3 is 58.5 Å². The third kappa shape index (κ3) is 13.8. The molecule has 1 aliphatic heterocycles. The van der Waals surface area contributed by atoms with Gasteiger partial charge in [0.2, 0.25) is 23.6 Å². The van der Waals surface area contributed by atoms with Crippen LogP contribution < -0.4 is 38.1 Å². The van der Waals surface area contributed by atoms with E-state index < -0.39 is 103 Å². The van der Waals surface area contributed by atoms with Crippen LogP contribution in [0.3, 0.4) is 0 Å². The molecule has 0 aromatic heterocycles. The van der Waals surface area contributed by atoms with E-state index in [1.807, 2.05) is 0 Å². The summed E-state index contributed by atoms with van der Waals surface area (Å²) in [6, 6.07) is -7.81. The molecule has 300 valence electrons. The van der Waals surface area contributed by atoms with Crippen LogP contribution in [0.5, 0.6) is 0 Å². The molecule has 1 aliphatic rings. The van der Waals surface area contributed by atoms with Gasteiger partial charge in [0, 0.05) is 25.5 Å². The standard InChI is InChI=1S/C33H57N9O11/c1-7-18(4)24(29(49)39-22(16-45)31(51)52)40-27(47)21(15-17(2)3)38-28(48)23-9-8-12-36-42(23)30(50)25(19(5)34)41-26(46)20(6)37-32(53)33(35,10-13-43)11-14-44/h12,17,19-23,25,43-45H,7-11,13-16,34-35H2,1-6H3,(H,37,53)(H,38,48)(H,39,49)(H,40,47)(H,41,46)(H,51,52)/b24-18+/t19-,20-,21+,22-,23-,25-/m1/s1. The molecule has 20 heteroatoms. The number of amides is 6. The first-order valence-electron chi connectivity index (χ1n) is 17.5. The zero-order valence-electron chi connectivity index (χ0n) is 31.2. The number of nitrogens with zero attached hydrogens (tertiary/aromatic N) is 2. The Labute approximate surface area is 308 Å². The van der Waals surface area contributed by atoms with Crippen LogP contribution in [0.15, 0.2) is 16.4 Å². The van der Waals surface area contributed by atoms with Gasteiger partial charge in [0.25, 0.3) is 11.8 Å². The molecule has 1 heterocycles. The van der Waals surface area contributed by atoms with Crippen LogP contribution in [0.1, 0.15) is 80.1 Å². The summed E-state index contributed by atoms with van der Waals surface area (Å²) in [6.45, 7) is 7.80. The van der Waals surface area contributed by atoms with Gasteiger partial charge in [-0.25, -0.2) is 9.80 Å². The fourth-order valence-corrected chi connectivity index (χ4v) is 5.16. The van der Waals surface area contributed by atoms with Gasteiger partial charge in [-0.15, -0.1) is 0 Å². The summed E-state index contributed by atoms with van der Waals surface area (Å²) in [6.07, 6.45) is 1.77. The fourth-order valence-electron chi connectivity index (χ4n) is 5.16. The number of carboxylic acids is 1. The molecule has 0 aromatic carbocycles. The van der Waals surface area contributed by atoms with Crippen molar-refractivity contribution in [3.8, 4) is 0 Å². The topological polar surface area (TPSA) is 328 Å². The van der Waals surface area contributed by atoms with Crippen molar-refractivity contribution in [2.75, 3.05) is 19.8 Å². The van der Waals surface area contributed by atoms with Crippen LogP contribution in [0.2, 0.25) is 0 Å². The second-order valence-electron chi connectivity index (χ2n) is 13.5. The molecule has 1 rings (SSSR count). The lowest BCUT2D eigenvalue weighted by Gasteiger charge is -2.34. The number of carboxylic acid groups (broad SMARTS) is 1. The predicted octanol–water partition coefficient (Wildman–Crippen LogP) is -3.35. The van der Waals surface area contributed by atoms with E-state index in [4.69, 9.17) is 11.5 Å². The van der Waals surface area contributed by atoms with Crippen LogP contribution in [-0.4, -0.2) is 135 Å². The monoisotopic (exact) mass is 755 g/mol. The van der Waals surface area contributed by atoms with Gasteiger partial charge in [0.15, 0.2) is 6.04 Å². The van der Waals surface area contributed by atoms with E-state index in [2.05, 4.69) is 31.7 Å². The molecule has 20 nitrogen and oxygen atoms in total. The third-order valence-corrected chi connectivity index (χ3v) is 8.56. The maximum atomic E-state index is 13.8. The number of nitrogens with two attached hydrogens (primary N) is 2. The maximum absolute atomic E-state index is 13.8. The number of rotatable bonds is 21. The predicted molar refractivity (Wildman–Crippen MR) is 191 cm³/mol. The molecule has 6 amide bonds. The fraction of sp³-hybridized carbons (Fsp3) is 0.697. The summed E-state index contributed by atoms with van der Waals surface area (Å²) in [4.78, 5) is 91.5. The van der Waals surface area contributed by atoms with Crippen LogP contribution in [-0.2, 0) is 33.6 Å². The number of hydrogen-bond donors (Lipinski definition) is 11. The van der Waals surface area contributed by atoms with Crippen LogP contribution in [0.4, 0.5) is 0 Å². The van der Waals surface area contributed by atoms with Crippen molar-refractivity contribution >= 4 is 47.6 Å².